The van der Waals surface area contributed by atoms with Gasteiger partial charge in [0.15, 0.2) is 0 Å². The van der Waals surface area contributed by atoms with Crippen LogP contribution in [0.25, 0.3) is 10.9 Å². The summed E-state index contributed by atoms with van der Waals surface area (Å²) in [6.07, 6.45) is 2.02. The highest BCUT2D eigenvalue weighted by molar-refractivity contribution is 5.90. The Balaban J connectivity index is 1.99. The van der Waals surface area contributed by atoms with Crippen LogP contribution in [0.2, 0.25) is 0 Å². The number of benzene rings is 1. The van der Waals surface area contributed by atoms with Gasteiger partial charge in [-0.2, -0.15) is 0 Å². The summed E-state index contributed by atoms with van der Waals surface area (Å²) < 4.78 is 4.89. The molecule has 0 amide bonds. The van der Waals surface area contributed by atoms with Crippen molar-refractivity contribution in [3.8, 4) is 0 Å². The van der Waals surface area contributed by atoms with E-state index in [-0.39, 0.29) is 0 Å². The minimum absolute atomic E-state index is 0.374. The summed E-state index contributed by atoms with van der Waals surface area (Å²) in [5.41, 5.74) is 2.02. The molecule has 1 heterocycles. The van der Waals surface area contributed by atoms with Gasteiger partial charge in [-0.05, 0) is 18.6 Å². The molecule has 0 radical (unpaired) electrons. The molecule has 2 rings (SSSR count). The quantitative estimate of drug-likeness (QED) is 0.819. The number of aliphatic hydroxyl groups is 1. The average Bonchev–Trinajstić information content (AvgIpc) is 2.39. The van der Waals surface area contributed by atoms with Gasteiger partial charge in [-0.1, -0.05) is 18.2 Å². The summed E-state index contributed by atoms with van der Waals surface area (Å²) in [7, 11) is 1.59. The van der Waals surface area contributed by atoms with Crippen LogP contribution in [-0.2, 0) is 4.74 Å². The van der Waals surface area contributed by atoms with Crippen LogP contribution in [0.4, 0.5) is 5.69 Å². The van der Waals surface area contributed by atoms with Gasteiger partial charge in [-0.25, -0.2) is 0 Å². The zero-order chi connectivity index (χ0) is 12.8. The zero-order valence-corrected chi connectivity index (χ0v) is 10.5. The molecule has 0 saturated carbocycles. The monoisotopic (exact) mass is 246 g/mol. The molecule has 0 saturated heterocycles. The van der Waals surface area contributed by atoms with Crippen LogP contribution in [0, 0.1) is 0 Å². The van der Waals surface area contributed by atoms with Gasteiger partial charge < -0.3 is 15.2 Å². The molecule has 0 bridgehead atoms. The van der Waals surface area contributed by atoms with Crippen LogP contribution < -0.4 is 5.32 Å². The average molecular weight is 246 g/mol. The first-order valence-electron chi connectivity index (χ1n) is 6.06. The third-order valence-electron chi connectivity index (χ3n) is 2.80. The minimum Gasteiger partial charge on any atom is -0.391 e. The van der Waals surface area contributed by atoms with Crippen molar-refractivity contribution < 1.29 is 9.84 Å². The lowest BCUT2D eigenvalue weighted by atomic mass is 10.2. The SMILES string of the molecule is COCC(O)CCNc1ccnc2ccccc12. The summed E-state index contributed by atoms with van der Waals surface area (Å²) >= 11 is 0. The van der Waals surface area contributed by atoms with Gasteiger partial charge in [0, 0.05) is 30.9 Å². The number of aliphatic hydroxyl groups excluding tert-OH is 1. The molecule has 1 atom stereocenters. The molecule has 0 fully saturated rings. The predicted octanol–water partition coefficient (Wildman–Crippen LogP) is 2.04. The maximum Gasteiger partial charge on any atom is 0.0790 e. The normalized spacial score (nSPS) is 12.6. The number of aromatic nitrogens is 1. The highest BCUT2D eigenvalue weighted by Gasteiger charge is 2.04. The summed E-state index contributed by atoms with van der Waals surface area (Å²) in [5, 5.41) is 14.0. The Hall–Kier alpha value is -1.65. The molecular weight excluding hydrogens is 228 g/mol. The Morgan fingerprint density at radius 1 is 1.33 bits per heavy atom. The third kappa shape index (κ3) is 3.18. The highest BCUT2D eigenvalue weighted by atomic mass is 16.5. The molecule has 1 unspecified atom stereocenters. The molecule has 1 aromatic carbocycles. The van der Waals surface area contributed by atoms with E-state index in [1.54, 1.807) is 13.3 Å². The van der Waals surface area contributed by atoms with Gasteiger partial charge in [0.1, 0.15) is 0 Å². The summed E-state index contributed by atoms with van der Waals surface area (Å²) in [5.74, 6) is 0. The van der Waals surface area contributed by atoms with E-state index >= 15 is 0 Å². The number of anilines is 1. The largest absolute Gasteiger partial charge is 0.391 e. The Morgan fingerprint density at radius 2 is 2.17 bits per heavy atom. The highest BCUT2D eigenvalue weighted by Crippen LogP contribution is 2.20. The molecule has 0 aliphatic carbocycles. The van der Waals surface area contributed by atoms with Gasteiger partial charge in [0.2, 0.25) is 0 Å². The van der Waals surface area contributed by atoms with Crippen LogP contribution in [0.15, 0.2) is 36.5 Å². The summed E-state index contributed by atoms with van der Waals surface area (Å²) in [6.45, 7) is 1.08. The number of pyridine rings is 1. The Bertz CT molecular complexity index is 497. The topological polar surface area (TPSA) is 54.4 Å². The smallest absolute Gasteiger partial charge is 0.0790 e. The molecule has 96 valence electrons. The van der Waals surface area contributed by atoms with E-state index in [4.69, 9.17) is 4.74 Å². The van der Waals surface area contributed by atoms with Crippen LogP contribution in [0.5, 0.6) is 0 Å². The van der Waals surface area contributed by atoms with Crippen molar-refractivity contribution >= 4 is 16.6 Å². The van der Waals surface area contributed by atoms with Crippen molar-refractivity contribution in [3.05, 3.63) is 36.5 Å². The number of fused-ring (bicyclic) bond motifs is 1. The zero-order valence-electron chi connectivity index (χ0n) is 10.5. The number of nitrogens with zero attached hydrogens (tertiary/aromatic N) is 1. The first-order valence-corrected chi connectivity index (χ1v) is 6.06. The van der Waals surface area contributed by atoms with Crippen LogP contribution in [0.3, 0.4) is 0 Å². The number of methoxy groups -OCH3 is 1. The Morgan fingerprint density at radius 3 is 3.00 bits per heavy atom. The molecule has 2 N–H and O–H groups in total. The molecule has 0 aliphatic heterocycles. The number of nitrogens with one attached hydrogen (secondary N) is 1. The van der Waals surface area contributed by atoms with Crippen molar-refractivity contribution in [2.75, 3.05) is 25.6 Å². The van der Waals surface area contributed by atoms with Gasteiger partial charge in [-0.3, -0.25) is 4.98 Å². The molecule has 1 aromatic heterocycles. The lowest BCUT2D eigenvalue weighted by molar-refractivity contribution is 0.0615. The maximum absolute atomic E-state index is 9.56. The van der Waals surface area contributed by atoms with Gasteiger partial charge in [0.05, 0.1) is 18.2 Å². The summed E-state index contributed by atoms with van der Waals surface area (Å²) in [6, 6.07) is 9.94. The van der Waals surface area contributed by atoms with Crippen LogP contribution in [-0.4, -0.2) is 36.5 Å². The van der Waals surface area contributed by atoms with Crippen molar-refractivity contribution in [3.63, 3.8) is 0 Å². The number of para-hydroxylation sites is 1. The number of rotatable bonds is 6. The first kappa shape index (κ1) is 12.8. The third-order valence-corrected chi connectivity index (χ3v) is 2.80. The van der Waals surface area contributed by atoms with Crippen molar-refractivity contribution in [1.82, 2.24) is 4.98 Å². The van der Waals surface area contributed by atoms with Crippen LogP contribution in [0.1, 0.15) is 6.42 Å². The maximum atomic E-state index is 9.56. The predicted molar refractivity (Wildman–Crippen MR) is 72.7 cm³/mol. The van der Waals surface area contributed by atoms with E-state index in [2.05, 4.69) is 10.3 Å². The second-order valence-electron chi connectivity index (χ2n) is 4.20. The fraction of sp³-hybridized carbons (Fsp3) is 0.357. The molecule has 0 spiro atoms. The van der Waals surface area contributed by atoms with E-state index in [1.165, 1.54) is 0 Å². The fourth-order valence-corrected chi connectivity index (χ4v) is 1.90. The van der Waals surface area contributed by atoms with Crippen molar-refractivity contribution in [2.45, 2.75) is 12.5 Å². The second kappa shape index (κ2) is 6.33. The van der Waals surface area contributed by atoms with Crippen molar-refractivity contribution in [2.24, 2.45) is 0 Å². The van der Waals surface area contributed by atoms with E-state index in [0.29, 0.717) is 19.6 Å². The second-order valence-corrected chi connectivity index (χ2v) is 4.20. The number of ether oxygens (including phenoxy) is 1. The van der Waals surface area contributed by atoms with Crippen molar-refractivity contribution in [1.29, 1.82) is 0 Å². The Labute approximate surface area is 107 Å². The Kier molecular flexibility index (Phi) is 4.50. The molecule has 0 aliphatic rings. The number of hydrogen-bond donors (Lipinski definition) is 2. The van der Waals surface area contributed by atoms with Gasteiger partial charge >= 0.3 is 0 Å². The van der Waals surface area contributed by atoms with E-state index < -0.39 is 6.10 Å². The van der Waals surface area contributed by atoms with Crippen LogP contribution >= 0.6 is 0 Å². The standard InChI is InChI=1S/C14H18N2O2/c1-18-10-11(17)6-8-15-14-7-9-16-13-5-3-2-4-12(13)14/h2-5,7,9,11,17H,6,8,10H2,1H3,(H,15,16). The van der Waals surface area contributed by atoms with Gasteiger partial charge in [-0.15, -0.1) is 0 Å². The lowest BCUT2D eigenvalue weighted by Gasteiger charge is -2.12. The molecule has 4 nitrogen and oxygen atoms in total. The molecule has 4 heteroatoms. The number of hydrogen-bond acceptors (Lipinski definition) is 4. The van der Waals surface area contributed by atoms with E-state index in [9.17, 15) is 5.11 Å². The lowest BCUT2D eigenvalue weighted by Crippen LogP contribution is -2.18. The van der Waals surface area contributed by atoms with Gasteiger partial charge in [0.25, 0.3) is 0 Å². The van der Waals surface area contributed by atoms with E-state index in [0.717, 1.165) is 16.6 Å². The summed E-state index contributed by atoms with van der Waals surface area (Å²) in [4.78, 5) is 4.31. The first-order chi connectivity index (χ1) is 8.81. The molecular formula is C14H18N2O2. The molecule has 2 aromatic rings. The minimum atomic E-state index is -0.421. The fourth-order valence-electron chi connectivity index (χ4n) is 1.90. The molecule has 18 heavy (non-hydrogen) atoms. The van der Waals surface area contributed by atoms with E-state index in [1.807, 2.05) is 30.3 Å².